The van der Waals surface area contributed by atoms with Gasteiger partial charge in [0.25, 0.3) is 0 Å². The highest BCUT2D eigenvalue weighted by molar-refractivity contribution is 7.99. The number of nitrogens with zero attached hydrogens (tertiary/aromatic N) is 3. The Morgan fingerprint density at radius 3 is 3.00 bits per heavy atom. The summed E-state index contributed by atoms with van der Waals surface area (Å²) >= 11 is 7.34. The molecule has 94 valence electrons. The number of nitrogens with one attached hydrogen (secondary N) is 1. The first kappa shape index (κ1) is 12.1. The van der Waals surface area contributed by atoms with E-state index in [-0.39, 0.29) is 0 Å². The molecule has 2 aromatic heterocycles. The van der Waals surface area contributed by atoms with Crippen LogP contribution in [0.25, 0.3) is 11.2 Å². The van der Waals surface area contributed by atoms with Crippen molar-refractivity contribution in [1.82, 2.24) is 19.9 Å². The first-order valence-electron chi connectivity index (χ1n) is 5.35. The van der Waals surface area contributed by atoms with E-state index in [0.29, 0.717) is 21.3 Å². The maximum atomic E-state index is 11.1. The Kier molecular flexibility index (Phi) is 3.18. The summed E-state index contributed by atoms with van der Waals surface area (Å²) in [5.74, 6) is 0. The second-order valence-corrected chi connectivity index (χ2v) is 5.09. The SMILES string of the molecule is O=Cc1c(Cl)cccc1Sc1ncnc2nc[nH]c12. The van der Waals surface area contributed by atoms with Gasteiger partial charge in [0.1, 0.15) is 16.9 Å². The molecule has 19 heavy (non-hydrogen) atoms. The van der Waals surface area contributed by atoms with Gasteiger partial charge in [-0.25, -0.2) is 15.0 Å². The van der Waals surface area contributed by atoms with Crippen molar-refractivity contribution in [3.63, 3.8) is 0 Å². The number of imidazole rings is 1. The molecule has 0 fully saturated rings. The van der Waals surface area contributed by atoms with Crippen LogP contribution in [0.1, 0.15) is 10.4 Å². The number of aromatic nitrogens is 4. The molecule has 1 N–H and O–H groups in total. The van der Waals surface area contributed by atoms with Crippen LogP contribution in [-0.2, 0) is 0 Å². The fraction of sp³-hybridized carbons (Fsp3) is 0. The minimum Gasteiger partial charge on any atom is -0.341 e. The summed E-state index contributed by atoms with van der Waals surface area (Å²) in [6.45, 7) is 0. The standard InChI is InChI=1S/C12H7ClN4OS/c13-8-2-1-3-9(7(8)4-18)19-12-10-11(15-5-14-10)16-6-17-12/h1-6H,(H,14,15,16,17). The second-order valence-electron chi connectivity index (χ2n) is 3.65. The Morgan fingerprint density at radius 1 is 1.26 bits per heavy atom. The van der Waals surface area contributed by atoms with Gasteiger partial charge in [-0.3, -0.25) is 4.79 Å². The molecule has 0 aliphatic heterocycles. The lowest BCUT2D eigenvalue weighted by Gasteiger charge is -2.05. The molecule has 2 heterocycles. The van der Waals surface area contributed by atoms with Crippen LogP contribution in [0.3, 0.4) is 0 Å². The van der Waals surface area contributed by atoms with Crippen molar-refractivity contribution in [3.8, 4) is 0 Å². The van der Waals surface area contributed by atoms with Gasteiger partial charge in [-0.2, -0.15) is 0 Å². The summed E-state index contributed by atoms with van der Waals surface area (Å²) < 4.78 is 0. The van der Waals surface area contributed by atoms with Crippen molar-refractivity contribution in [2.24, 2.45) is 0 Å². The number of benzene rings is 1. The van der Waals surface area contributed by atoms with Gasteiger partial charge in [-0.1, -0.05) is 29.4 Å². The quantitative estimate of drug-likeness (QED) is 0.593. The van der Waals surface area contributed by atoms with Gasteiger partial charge in [0.05, 0.1) is 11.3 Å². The fourth-order valence-electron chi connectivity index (χ4n) is 1.65. The molecule has 0 spiro atoms. The van der Waals surface area contributed by atoms with Crippen molar-refractivity contribution >= 4 is 40.8 Å². The third-order valence-corrected chi connectivity index (χ3v) is 3.93. The van der Waals surface area contributed by atoms with Crippen LogP contribution in [0.2, 0.25) is 5.02 Å². The Hall–Kier alpha value is -1.92. The maximum absolute atomic E-state index is 11.1. The number of H-pyrrole nitrogens is 1. The number of rotatable bonds is 3. The molecule has 3 aromatic rings. The van der Waals surface area contributed by atoms with Gasteiger partial charge in [-0.15, -0.1) is 0 Å². The smallest absolute Gasteiger partial charge is 0.181 e. The molecule has 7 heteroatoms. The predicted molar refractivity (Wildman–Crippen MR) is 72.6 cm³/mol. The van der Waals surface area contributed by atoms with E-state index in [2.05, 4.69) is 19.9 Å². The number of aromatic amines is 1. The van der Waals surface area contributed by atoms with Crippen molar-refractivity contribution in [1.29, 1.82) is 0 Å². The molecule has 0 saturated heterocycles. The van der Waals surface area contributed by atoms with Gasteiger partial charge in [0, 0.05) is 10.5 Å². The number of fused-ring (bicyclic) bond motifs is 1. The zero-order valence-corrected chi connectivity index (χ0v) is 11.1. The van der Waals surface area contributed by atoms with Gasteiger partial charge in [0.2, 0.25) is 0 Å². The molecule has 3 rings (SSSR count). The third-order valence-electron chi connectivity index (χ3n) is 2.53. The molecule has 0 unspecified atom stereocenters. The first-order chi connectivity index (χ1) is 9.29. The lowest BCUT2D eigenvalue weighted by molar-refractivity contribution is 0.112. The van der Waals surface area contributed by atoms with Crippen LogP contribution in [0.15, 0.2) is 40.8 Å². The Labute approximate surface area is 117 Å². The number of hydrogen-bond acceptors (Lipinski definition) is 5. The van der Waals surface area contributed by atoms with Gasteiger partial charge in [0.15, 0.2) is 11.9 Å². The Bertz CT molecular complexity index is 758. The molecule has 0 atom stereocenters. The average molecular weight is 291 g/mol. The Balaban J connectivity index is 2.08. The van der Waals surface area contributed by atoms with E-state index in [9.17, 15) is 4.79 Å². The normalized spacial score (nSPS) is 10.8. The van der Waals surface area contributed by atoms with Crippen LogP contribution in [0.4, 0.5) is 0 Å². The van der Waals surface area contributed by atoms with Crippen molar-refractivity contribution in [2.45, 2.75) is 9.92 Å². The van der Waals surface area contributed by atoms with Crippen molar-refractivity contribution in [3.05, 3.63) is 41.4 Å². The largest absolute Gasteiger partial charge is 0.341 e. The number of halogens is 1. The van der Waals surface area contributed by atoms with E-state index >= 15 is 0 Å². The second kappa shape index (κ2) is 4.99. The van der Waals surface area contributed by atoms with Gasteiger partial charge < -0.3 is 4.98 Å². The van der Waals surface area contributed by atoms with Crippen molar-refractivity contribution in [2.75, 3.05) is 0 Å². The van der Waals surface area contributed by atoms with E-state index < -0.39 is 0 Å². The zero-order chi connectivity index (χ0) is 13.2. The predicted octanol–water partition coefficient (Wildman–Crippen LogP) is 2.97. The monoisotopic (exact) mass is 290 g/mol. The van der Waals surface area contributed by atoms with Crippen LogP contribution in [0, 0.1) is 0 Å². The molecule has 0 amide bonds. The van der Waals surface area contributed by atoms with E-state index in [1.54, 1.807) is 18.5 Å². The van der Waals surface area contributed by atoms with Crippen LogP contribution in [0.5, 0.6) is 0 Å². The van der Waals surface area contributed by atoms with E-state index in [1.807, 2.05) is 6.07 Å². The van der Waals surface area contributed by atoms with Crippen LogP contribution >= 0.6 is 23.4 Å². The summed E-state index contributed by atoms with van der Waals surface area (Å²) in [5.41, 5.74) is 1.79. The molecule has 0 radical (unpaired) electrons. The first-order valence-corrected chi connectivity index (χ1v) is 6.54. The summed E-state index contributed by atoms with van der Waals surface area (Å²) in [6, 6.07) is 5.30. The van der Waals surface area contributed by atoms with E-state index in [4.69, 9.17) is 11.6 Å². The highest BCUT2D eigenvalue weighted by Crippen LogP contribution is 2.33. The van der Waals surface area contributed by atoms with Crippen molar-refractivity contribution < 1.29 is 4.79 Å². The summed E-state index contributed by atoms with van der Waals surface area (Å²) in [7, 11) is 0. The average Bonchev–Trinajstić information content (AvgIpc) is 2.88. The molecule has 0 bridgehead atoms. The molecule has 0 aliphatic rings. The summed E-state index contributed by atoms with van der Waals surface area (Å²) in [5, 5.41) is 1.13. The fourth-order valence-corrected chi connectivity index (χ4v) is 2.90. The summed E-state index contributed by atoms with van der Waals surface area (Å²) in [4.78, 5) is 27.1. The Morgan fingerprint density at radius 2 is 2.16 bits per heavy atom. The number of carbonyl (C=O) groups is 1. The third kappa shape index (κ3) is 2.20. The minimum absolute atomic E-state index is 0.426. The molecular weight excluding hydrogens is 284 g/mol. The molecular formula is C12H7ClN4OS. The number of hydrogen-bond donors (Lipinski definition) is 1. The lowest BCUT2D eigenvalue weighted by Crippen LogP contribution is -1.90. The molecule has 0 aliphatic carbocycles. The maximum Gasteiger partial charge on any atom is 0.181 e. The number of aldehydes is 1. The highest BCUT2D eigenvalue weighted by Gasteiger charge is 2.12. The molecule has 0 saturated carbocycles. The summed E-state index contributed by atoms with van der Waals surface area (Å²) in [6.07, 6.45) is 3.74. The van der Waals surface area contributed by atoms with E-state index in [0.717, 1.165) is 16.7 Å². The topological polar surface area (TPSA) is 71.5 Å². The molecule has 1 aromatic carbocycles. The van der Waals surface area contributed by atoms with E-state index in [1.165, 1.54) is 18.1 Å². The zero-order valence-electron chi connectivity index (χ0n) is 9.50. The van der Waals surface area contributed by atoms with Gasteiger partial charge >= 0.3 is 0 Å². The number of carbonyl (C=O) groups excluding carboxylic acids is 1. The highest BCUT2D eigenvalue weighted by atomic mass is 35.5. The van der Waals surface area contributed by atoms with Crippen LogP contribution in [-0.4, -0.2) is 26.2 Å². The minimum atomic E-state index is 0.426. The lowest BCUT2D eigenvalue weighted by atomic mass is 10.2. The van der Waals surface area contributed by atoms with Crippen LogP contribution < -0.4 is 0 Å². The molecule has 5 nitrogen and oxygen atoms in total. The van der Waals surface area contributed by atoms with Gasteiger partial charge in [-0.05, 0) is 12.1 Å².